The molecule has 2 aromatic heterocycles. The molecule has 1 saturated heterocycles. The van der Waals surface area contributed by atoms with Gasteiger partial charge in [-0.3, -0.25) is 19.0 Å². The molecule has 8 heteroatoms. The minimum absolute atomic E-state index is 0.124. The van der Waals surface area contributed by atoms with Gasteiger partial charge in [-0.25, -0.2) is 4.98 Å². The summed E-state index contributed by atoms with van der Waals surface area (Å²) in [6.45, 7) is 0.974. The van der Waals surface area contributed by atoms with Crippen LogP contribution in [0.3, 0.4) is 0 Å². The second-order valence-electron chi connectivity index (χ2n) is 5.30. The topological polar surface area (TPSA) is 92.5 Å². The zero-order valence-corrected chi connectivity index (χ0v) is 12.6. The van der Waals surface area contributed by atoms with E-state index in [0.717, 1.165) is 0 Å². The number of carboxylic acid groups (broad SMARTS) is 1. The molecule has 3 rings (SSSR count). The van der Waals surface area contributed by atoms with Crippen molar-refractivity contribution in [2.24, 2.45) is 5.92 Å². The molecule has 1 aliphatic rings. The Labute approximate surface area is 129 Å². The van der Waals surface area contributed by atoms with Crippen molar-refractivity contribution in [3.8, 4) is 0 Å². The summed E-state index contributed by atoms with van der Waals surface area (Å²) in [5.41, 5.74) is -0.149. The van der Waals surface area contributed by atoms with Crippen LogP contribution >= 0.6 is 11.3 Å². The molecule has 1 fully saturated rings. The predicted octanol–water partition coefficient (Wildman–Crippen LogP) is 0.781. The van der Waals surface area contributed by atoms with E-state index < -0.39 is 11.9 Å². The lowest BCUT2D eigenvalue weighted by molar-refractivity contribution is -0.141. The number of carboxylic acids is 1. The number of thiophene rings is 1. The first-order chi connectivity index (χ1) is 10.6. The third-order valence-electron chi connectivity index (χ3n) is 3.91. The Hall–Kier alpha value is -2.22. The molecule has 2 aromatic rings. The van der Waals surface area contributed by atoms with Crippen molar-refractivity contribution in [1.82, 2.24) is 14.5 Å². The van der Waals surface area contributed by atoms with E-state index in [0.29, 0.717) is 23.2 Å². The molecule has 7 nitrogen and oxygen atoms in total. The van der Waals surface area contributed by atoms with Crippen LogP contribution in [0.5, 0.6) is 0 Å². The van der Waals surface area contributed by atoms with Crippen LogP contribution in [0.4, 0.5) is 0 Å². The molecule has 0 radical (unpaired) electrons. The summed E-state index contributed by atoms with van der Waals surface area (Å²) in [7, 11) is 0. The van der Waals surface area contributed by atoms with Crippen molar-refractivity contribution >= 4 is 33.4 Å². The average Bonchev–Trinajstić information content (AvgIpc) is 3.15. The molecule has 3 heterocycles. The Kier molecular flexibility index (Phi) is 3.93. The molecule has 0 aliphatic carbocycles. The van der Waals surface area contributed by atoms with Gasteiger partial charge in [0.25, 0.3) is 5.56 Å². The van der Waals surface area contributed by atoms with Gasteiger partial charge in [0.05, 0.1) is 17.6 Å². The van der Waals surface area contributed by atoms with Crippen LogP contribution in [-0.4, -0.2) is 44.5 Å². The molecule has 1 unspecified atom stereocenters. The fourth-order valence-electron chi connectivity index (χ4n) is 2.62. The van der Waals surface area contributed by atoms with Gasteiger partial charge in [0, 0.05) is 26.1 Å². The molecule has 1 N–H and O–H groups in total. The van der Waals surface area contributed by atoms with Gasteiger partial charge in [0.2, 0.25) is 5.91 Å². The first-order valence-corrected chi connectivity index (χ1v) is 7.87. The molecule has 116 valence electrons. The summed E-state index contributed by atoms with van der Waals surface area (Å²) >= 11 is 1.40. The highest BCUT2D eigenvalue weighted by atomic mass is 32.1. The summed E-state index contributed by atoms with van der Waals surface area (Å²) in [4.78, 5) is 41.6. The summed E-state index contributed by atoms with van der Waals surface area (Å²) in [5.74, 6) is -1.46. The number of rotatable bonds is 4. The predicted molar refractivity (Wildman–Crippen MR) is 80.8 cm³/mol. The number of aromatic nitrogens is 2. The number of fused-ring (bicyclic) bond motifs is 1. The highest BCUT2D eigenvalue weighted by Gasteiger charge is 2.30. The van der Waals surface area contributed by atoms with E-state index in [1.807, 2.05) is 5.38 Å². The summed E-state index contributed by atoms with van der Waals surface area (Å²) in [6.07, 6.45) is 2.12. The summed E-state index contributed by atoms with van der Waals surface area (Å²) < 4.78 is 1.43. The standard InChI is InChI=1S/C14H15N3O4S/c18-11(16-4-1-9(7-16)14(20)21)2-5-17-8-15-12-10(13(17)19)3-6-22-12/h3,6,8-9H,1-2,4-5,7H2,(H,20,21). The van der Waals surface area contributed by atoms with E-state index in [4.69, 9.17) is 5.11 Å². The van der Waals surface area contributed by atoms with Crippen LogP contribution in [0.25, 0.3) is 10.2 Å². The van der Waals surface area contributed by atoms with Crippen molar-refractivity contribution in [2.45, 2.75) is 19.4 Å². The van der Waals surface area contributed by atoms with E-state index in [1.54, 1.807) is 11.0 Å². The van der Waals surface area contributed by atoms with E-state index in [2.05, 4.69) is 4.98 Å². The lowest BCUT2D eigenvalue weighted by Crippen LogP contribution is -2.31. The largest absolute Gasteiger partial charge is 0.481 e. The van der Waals surface area contributed by atoms with Crippen LogP contribution in [-0.2, 0) is 16.1 Å². The normalized spacial score (nSPS) is 18.0. The first-order valence-electron chi connectivity index (χ1n) is 6.99. The minimum atomic E-state index is -0.862. The van der Waals surface area contributed by atoms with E-state index in [9.17, 15) is 14.4 Å². The SMILES string of the molecule is O=C(O)C1CCN(C(=O)CCn2cnc3sccc3c2=O)C1. The van der Waals surface area contributed by atoms with Gasteiger partial charge in [0.15, 0.2) is 0 Å². The number of hydrogen-bond acceptors (Lipinski definition) is 5. The molecular weight excluding hydrogens is 306 g/mol. The van der Waals surface area contributed by atoms with E-state index >= 15 is 0 Å². The van der Waals surface area contributed by atoms with Crippen molar-refractivity contribution < 1.29 is 14.7 Å². The van der Waals surface area contributed by atoms with Gasteiger partial charge >= 0.3 is 5.97 Å². The maximum absolute atomic E-state index is 12.2. The average molecular weight is 321 g/mol. The van der Waals surface area contributed by atoms with Gasteiger partial charge < -0.3 is 10.0 Å². The minimum Gasteiger partial charge on any atom is -0.481 e. The summed E-state index contributed by atoms with van der Waals surface area (Å²) in [6, 6.07) is 1.73. The Morgan fingerprint density at radius 3 is 3.00 bits per heavy atom. The van der Waals surface area contributed by atoms with Gasteiger partial charge in [-0.05, 0) is 17.9 Å². The highest BCUT2D eigenvalue weighted by molar-refractivity contribution is 7.16. The lowest BCUT2D eigenvalue weighted by Gasteiger charge is -2.16. The summed E-state index contributed by atoms with van der Waals surface area (Å²) in [5, 5.41) is 11.3. The van der Waals surface area contributed by atoms with Crippen molar-refractivity contribution in [1.29, 1.82) is 0 Å². The zero-order valence-electron chi connectivity index (χ0n) is 11.8. The molecule has 1 atom stereocenters. The third-order valence-corrected chi connectivity index (χ3v) is 4.73. The van der Waals surface area contributed by atoms with E-state index in [-0.39, 0.29) is 31.0 Å². The Morgan fingerprint density at radius 1 is 1.45 bits per heavy atom. The quantitative estimate of drug-likeness (QED) is 0.898. The van der Waals surface area contributed by atoms with Gasteiger partial charge in [-0.1, -0.05) is 0 Å². The third kappa shape index (κ3) is 2.74. The van der Waals surface area contributed by atoms with Gasteiger partial charge in [0.1, 0.15) is 4.83 Å². The highest BCUT2D eigenvalue weighted by Crippen LogP contribution is 2.17. The van der Waals surface area contributed by atoms with Crippen LogP contribution in [0, 0.1) is 5.92 Å². The molecule has 1 aliphatic heterocycles. The monoisotopic (exact) mass is 321 g/mol. The van der Waals surface area contributed by atoms with Crippen molar-refractivity contribution in [2.75, 3.05) is 13.1 Å². The molecule has 0 bridgehead atoms. The van der Waals surface area contributed by atoms with Crippen molar-refractivity contribution in [3.63, 3.8) is 0 Å². The number of carbonyl (C=O) groups is 2. The number of nitrogens with zero attached hydrogens (tertiary/aromatic N) is 3. The number of aliphatic carboxylic acids is 1. The molecule has 1 amide bonds. The van der Waals surface area contributed by atoms with Crippen molar-refractivity contribution in [3.05, 3.63) is 28.1 Å². The fraction of sp³-hybridized carbons (Fsp3) is 0.429. The van der Waals surface area contributed by atoms with Crippen LogP contribution in [0.15, 0.2) is 22.6 Å². The molecule has 0 spiro atoms. The number of aryl methyl sites for hydroxylation is 1. The first kappa shape index (κ1) is 14.7. The van der Waals surface area contributed by atoms with Crippen LogP contribution < -0.4 is 5.56 Å². The number of carbonyl (C=O) groups excluding carboxylic acids is 1. The second-order valence-corrected chi connectivity index (χ2v) is 6.19. The number of likely N-dealkylation sites (tertiary alicyclic amines) is 1. The Bertz CT molecular complexity index is 782. The maximum Gasteiger partial charge on any atom is 0.308 e. The zero-order chi connectivity index (χ0) is 15.7. The van der Waals surface area contributed by atoms with Crippen LogP contribution in [0.1, 0.15) is 12.8 Å². The number of hydrogen-bond donors (Lipinski definition) is 1. The second kappa shape index (κ2) is 5.88. The van der Waals surface area contributed by atoms with E-state index in [1.165, 1.54) is 22.2 Å². The lowest BCUT2D eigenvalue weighted by atomic mass is 10.1. The fourth-order valence-corrected chi connectivity index (χ4v) is 3.34. The molecule has 0 saturated carbocycles. The Balaban J connectivity index is 1.64. The van der Waals surface area contributed by atoms with Gasteiger partial charge in [-0.2, -0.15) is 0 Å². The van der Waals surface area contributed by atoms with Crippen LogP contribution in [0.2, 0.25) is 0 Å². The molecular formula is C14H15N3O4S. The smallest absolute Gasteiger partial charge is 0.308 e. The maximum atomic E-state index is 12.2. The molecule has 22 heavy (non-hydrogen) atoms. The Morgan fingerprint density at radius 2 is 2.27 bits per heavy atom. The van der Waals surface area contributed by atoms with Gasteiger partial charge in [-0.15, -0.1) is 11.3 Å². The molecule has 0 aromatic carbocycles. The number of amides is 1.